The summed E-state index contributed by atoms with van der Waals surface area (Å²) in [6.45, 7) is 0.912. The predicted octanol–water partition coefficient (Wildman–Crippen LogP) is 3.39. The van der Waals surface area contributed by atoms with Gasteiger partial charge in [0.1, 0.15) is 12.4 Å². The van der Waals surface area contributed by atoms with Crippen LogP contribution < -0.4 is 15.8 Å². The molecule has 1 atom stereocenters. The quantitative estimate of drug-likeness (QED) is 0.809. The maximum atomic E-state index is 12.2. The molecule has 1 aliphatic rings. The lowest BCUT2D eigenvalue weighted by Gasteiger charge is -2.12. The Morgan fingerprint density at radius 2 is 2.04 bits per heavy atom. The second-order valence-corrected chi connectivity index (χ2v) is 6.59. The van der Waals surface area contributed by atoms with Gasteiger partial charge in [0.2, 0.25) is 0 Å². The van der Waals surface area contributed by atoms with Crippen LogP contribution in [0.2, 0.25) is 5.02 Å². The van der Waals surface area contributed by atoms with E-state index in [2.05, 4.69) is 5.32 Å². The van der Waals surface area contributed by atoms with Gasteiger partial charge >= 0.3 is 0 Å². The minimum absolute atomic E-state index is 0.0520. The van der Waals surface area contributed by atoms with Crippen LogP contribution in [-0.4, -0.2) is 18.5 Å². The number of amides is 1. The first-order valence-electron chi connectivity index (χ1n) is 8.13. The summed E-state index contributed by atoms with van der Waals surface area (Å²) in [7, 11) is 0. The zero-order chi connectivity index (χ0) is 16.9. The highest BCUT2D eigenvalue weighted by Gasteiger charge is 2.28. The van der Waals surface area contributed by atoms with Crippen molar-refractivity contribution in [3.8, 4) is 5.75 Å². The molecule has 0 saturated heterocycles. The topological polar surface area (TPSA) is 64.3 Å². The summed E-state index contributed by atoms with van der Waals surface area (Å²) >= 11 is 5.96. The number of nitrogens with two attached hydrogens (primary N) is 1. The molecule has 2 aromatic carbocycles. The lowest BCUT2D eigenvalue weighted by Crippen LogP contribution is -2.38. The van der Waals surface area contributed by atoms with E-state index in [-0.39, 0.29) is 11.9 Å². The van der Waals surface area contributed by atoms with Gasteiger partial charge in [0.15, 0.2) is 0 Å². The van der Waals surface area contributed by atoms with Crippen LogP contribution in [0.1, 0.15) is 28.8 Å². The van der Waals surface area contributed by atoms with E-state index >= 15 is 0 Å². The number of carbonyl (C=O) groups is 1. The smallest absolute Gasteiger partial charge is 0.251 e. The Balaban J connectivity index is 1.55. The van der Waals surface area contributed by atoms with Crippen molar-refractivity contribution >= 4 is 17.5 Å². The van der Waals surface area contributed by atoms with Crippen molar-refractivity contribution in [3.63, 3.8) is 0 Å². The summed E-state index contributed by atoms with van der Waals surface area (Å²) in [6.07, 6.45) is 2.34. The van der Waals surface area contributed by atoms with Crippen molar-refractivity contribution in [2.75, 3.05) is 6.54 Å². The fourth-order valence-corrected chi connectivity index (χ4v) is 2.74. The molecule has 3 rings (SSSR count). The molecule has 0 heterocycles. The monoisotopic (exact) mass is 344 g/mol. The SMILES string of the molecule is NC(CNC(=O)c1cccc(OCc2cccc(Cl)c2)c1)C1CC1. The zero-order valence-electron chi connectivity index (χ0n) is 13.4. The normalized spacial score (nSPS) is 14.9. The molecule has 5 heteroatoms. The summed E-state index contributed by atoms with van der Waals surface area (Å²) < 4.78 is 5.75. The largest absolute Gasteiger partial charge is 0.489 e. The average Bonchev–Trinajstić information content (AvgIpc) is 3.43. The number of ether oxygens (including phenoxy) is 1. The third-order valence-electron chi connectivity index (χ3n) is 4.12. The van der Waals surface area contributed by atoms with Gasteiger partial charge in [0.25, 0.3) is 5.91 Å². The van der Waals surface area contributed by atoms with Crippen LogP contribution in [0.15, 0.2) is 48.5 Å². The molecule has 1 saturated carbocycles. The number of benzene rings is 2. The van der Waals surface area contributed by atoms with E-state index in [4.69, 9.17) is 22.1 Å². The second-order valence-electron chi connectivity index (χ2n) is 6.16. The molecule has 0 bridgehead atoms. The molecular formula is C19H21ClN2O2. The molecule has 1 unspecified atom stereocenters. The Labute approximate surface area is 147 Å². The molecule has 1 fully saturated rings. The number of carbonyl (C=O) groups excluding carboxylic acids is 1. The maximum Gasteiger partial charge on any atom is 0.251 e. The second kappa shape index (κ2) is 7.69. The van der Waals surface area contributed by atoms with Crippen molar-refractivity contribution in [3.05, 3.63) is 64.7 Å². The van der Waals surface area contributed by atoms with Crippen LogP contribution in [-0.2, 0) is 6.61 Å². The van der Waals surface area contributed by atoms with E-state index in [1.807, 2.05) is 36.4 Å². The Hall–Kier alpha value is -2.04. The molecule has 1 aliphatic carbocycles. The zero-order valence-corrected chi connectivity index (χ0v) is 14.1. The predicted molar refractivity (Wildman–Crippen MR) is 95.3 cm³/mol. The van der Waals surface area contributed by atoms with Crippen molar-refractivity contribution in [2.24, 2.45) is 11.7 Å². The van der Waals surface area contributed by atoms with Crippen LogP contribution in [0, 0.1) is 5.92 Å². The first kappa shape index (κ1) is 16.8. The molecule has 2 aromatic rings. The van der Waals surface area contributed by atoms with Crippen LogP contribution >= 0.6 is 11.6 Å². The summed E-state index contributed by atoms with van der Waals surface area (Å²) in [5.41, 5.74) is 7.56. The highest BCUT2D eigenvalue weighted by atomic mass is 35.5. The molecular weight excluding hydrogens is 324 g/mol. The molecule has 126 valence electrons. The third kappa shape index (κ3) is 4.73. The number of halogens is 1. The molecule has 0 spiro atoms. The summed E-state index contributed by atoms with van der Waals surface area (Å²) in [5.74, 6) is 1.09. The highest BCUT2D eigenvalue weighted by molar-refractivity contribution is 6.30. The van der Waals surface area contributed by atoms with Crippen molar-refractivity contribution in [1.29, 1.82) is 0 Å². The molecule has 3 N–H and O–H groups in total. The molecule has 0 aliphatic heterocycles. The molecule has 1 amide bonds. The van der Waals surface area contributed by atoms with Gasteiger partial charge in [0.05, 0.1) is 0 Å². The van der Waals surface area contributed by atoms with E-state index in [9.17, 15) is 4.79 Å². The highest BCUT2D eigenvalue weighted by Crippen LogP contribution is 2.31. The van der Waals surface area contributed by atoms with E-state index in [0.29, 0.717) is 35.4 Å². The Morgan fingerprint density at radius 1 is 1.25 bits per heavy atom. The lowest BCUT2D eigenvalue weighted by atomic mass is 10.1. The van der Waals surface area contributed by atoms with E-state index in [1.54, 1.807) is 12.1 Å². The number of hydrogen-bond donors (Lipinski definition) is 2. The standard InChI is InChI=1S/C19H21ClN2O2/c20-16-5-1-3-13(9-16)12-24-17-6-2-4-15(10-17)19(23)22-11-18(21)14-7-8-14/h1-6,9-10,14,18H,7-8,11-12,21H2,(H,22,23). The van der Waals surface area contributed by atoms with Crippen LogP contribution in [0.5, 0.6) is 5.75 Å². The van der Waals surface area contributed by atoms with E-state index in [1.165, 1.54) is 12.8 Å². The molecule has 4 nitrogen and oxygen atoms in total. The van der Waals surface area contributed by atoms with Gasteiger partial charge < -0.3 is 15.8 Å². The Morgan fingerprint density at radius 3 is 2.79 bits per heavy atom. The fraction of sp³-hybridized carbons (Fsp3) is 0.316. The summed E-state index contributed by atoms with van der Waals surface area (Å²) in [6, 6.07) is 14.7. The molecule has 0 aromatic heterocycles. The van der Waals surface area contributed by atoms with Gasteiger partial charge in [-0.05, 0) is 54.7 Å². The van der Waals surface area contributed by atoms with Crippen LogP contribution in [0.3, 0.4) is 0 Å². The maximum absolute atomic E-state index is 12.2. The van der Waals surface area contributed by atoms with E-state index < -0.39 is 0 Å². The summed E-state index contributed by atoms with van der Waals surface area (Å²) in [4.78, 5) is 12.2. The van der Waals surface area contributed by atoms with Crippen molar-refractivity contribution < 1.29 is 9.53 Å². The van der Waals surface area contributed by atoms with Gasteiger partial charge in [-0.3, -0.25) is 4.79 Å². The van der Waals surface area contributed by atoms with Crippen molar-refractivity contribution in [1.82, 2.24) is 5.32 Å². The summed E-state index contributed by atoms with van der Waals surface area (Å²) in [5, 5.41) is 3.57. The van der Waals surface area contributed by atoms with E-state index in [0.717, 1.165) is 5.56 Å². The van der Waals surface area contributed by atoms with Gasteiger partial charge in [-0.1, -0.05) is 29.8 Å². The Bertz CT molecular complexity index is 716. The minimum atomic E-state index is -0.126. The van der Waals surface area contributed by atoms with Crippen LogP contribution in [0.25, 0.3) is 0 Å². The number of rotatable bonds is 7. The first-order chi connectivity index (χ1) is 11.6. The Kier molecular flexibility index (Phi) is 5.38. The van der Waals surface area contributed by atoms with Crippen LogP contribution in [0.4, 0.5) is 0 Å². The van der Waals surface area contributed by atoms with Gasteiger partial charge in [0, 0.05) is 23.2 Å². The minimum Gasteiger partial charge on any atom is -0.489 e. The third-order valence-corrected chi connectivity index (χ3v) is 4.35. The number of hydrogen-bond acceptors (Lipinski definition) is 3. The van der Waals surface area contributed by atoms with Gasteiger partial charge in [-0.25, -0.2) is 0 Å². The lowest BCUT2D eigenvalue weighted by molar-refractivity contribution is 0.0950. The molecule has 0 radical (unpaired) electrons. The van der Waals surface area contributed by atoms with Gasteiger partial charge in [-0.15, -0.1) is 0 Å². The molecule has 24 heavy (non-hydrogen) atoms. The first-order valence-corrected chi connectivity index (χ1v) is 8.51. The number of nitrogens with one attached hydrogen (secondary N) is 1. The van der Waals surface area contributed by atoms with Gasteiger partial charge in [-0.2, -0.15) is 0 Å². The fourth-order valence-electron chi connectivity index (χ4n) is 2.52. The average molecular weight is 345 g/mol. The van der Waals surface area contributed by atoms with Crippen molar-refractivity contribution in [2.45, 2.75) is 25.5 Å².